The Bertz CT molecular complexity index is 647. The highest BCUT2D eigenvalue weighted by Crippen LogP contribution is 2.32. The quantitative estimate of drug-likeness (QED) is 0.889. The molecule has 1 N–H and O–H groups in total. The molecule has 1 amide bonds. The molecule has 2 rings (SSSR count). The molecule has 5 nitrogen and oxygen atoms in total. The smallest absolute Gasteiger partial charge is 0.410 e. The van der Waals surface area contributed by atoms with Gasteiger partial charge in [0.05, 0.1) is 5.56 Å². The van der Waals surface area contributed by atoms with Crippen LogP contribution in [-0.2, 0) is 4.74 Å². The molecule has 1 aromatic rings. The van der Waals surface area contributed by atoms with Crippen molar-refractivity contribution in [3.05, 3.63) is 34.9 Å². The second kappa shape index (κ2) is 6.75. The van der Waals surface area contributed by atoms with Crippen molar-refractivity contribution < 1.29 is 28.2 Å². The van der Waals surface area contributed by atoms with Crippen molar-refractivity contribution >= 4 is 12.1 Å². The van der Waals surface area contributed by atoms with E-state index in [0.717, 1.165) is 0 Å². The van der Waals surface area contributed by atoms with Crippen molar-refractivity contribution in [2.75, 3.05) is 13.1 Å². The van der Waals surface area contributed by atoms with Crippen LogP contribution in [0, 0.1) is 11.6 Å². The third-order valence-electron chi connectivity index (χ3n) is 3.89. The van der Waals surface area contributed by atoms with E-state index in [1.807, 2.05) is 0 Å². The van der Waals surface area contributed by atoms with E-state index in [1.165, 1.54) is 11.0 Å². The third kappa shape index (κ3) is 4.21. The number of carboxylic acids is 1. The van der Waals surface area contributed by atoms with Crippen molar-refractivity contribution in [2.24, 2.45) is 0 Å². The first kappa shape index (κ1) is 18.2. The third-order valence-corrected chi connectivity index (χ3v) is 3.89. The predicted octanol–water partition coefficient (Wildman–Crippen LogP) is 3.78. The number of ether oxygens (including phenoxy) is 1. The fraction of sp³-hybridized carbons (Fsp3) is 0.529. The molecule has 0 aliphatic carbocycles. The van der Waals surface area contributed by atoms with Gasteiger partial charge in [0.25, 0.3) is 0 Å². The van der Waals surface area contributed by atoms with Crippen LogP contribution >= 0.6 is 0 Å². The standard InChI is InChI=1S/C17H21F2NO4/c1-17(2,3)24-16(23)20-6-4-10(5-7-20)12-8-11(15(21)22)9-13(18)14(12)19/h8-10H,4-7H2,1-3H3,(H,21,22). The highest BCUT2D eigenvalue weighted by molar-refractivity contribution is 5.87. The molecule has 0 atom stereocenters. The van der Waals surface area contributed by atoms with Crippen molar-refractivity contribution in [3.8, 4) is 0 Å². The summed E-state index contributed by atoms with van der Waals surface area (Å²) >= 11 is 0. The Hall–Kier alpha value is -2.18. The first-order chi connectivity index (χ1) is 11.1. The molecule has 7 heteroatoms. The van der Waals surface area contributed by atoms with Gasteiger partial charge in [-0.1, -0.05) is 0 Å². The second-order valence-electron chi connectivity index (χ2n) is 6.91. The van der Waals surface area contributed by atoms with Gasteiger partial charge < -0.3 is 14.7 Å². The zero-order chi connectivity index (χ0) is 18.1. The fourth-order valence-corrected chi connectivity index (χ4v) is 2.73. The summed E-state index contributed by atoms with van der Waals surface area (Å²) in [7, 11) is 0. The molecule has 132 valence electrons. The number of amides is 1. The Labute approximate surface area is 139 Å². The van der Waals surface area contributed by atoms with Gasteiger partial charge in [0.1, 0.15) is 5.60 Å². The van der Waals surface area contributed by atoms with E-state index < -0.39 is 29.3 Å². The first-order valence-electron chi connectivity index (χ1n) is 7.78. The average molecular weight is 341 g/mol. The van der Waals surface area contributed by atoms with E-state index in [-0.39, 0.29) is 17.0 Å². The number of hydrogen-bond donors (Lipinski definition) is 1. The molecule has 1 heterocycles. The minimum absolute atomic E-state index is 0.0521. The summed E-state index contributed by atoms with van der Waals surface area (Å²) in [5.41, 5.74) is -0.825. The number of rotatable bonds is 2. The van der Waals surface area contributed by atoms with Crippen LogP contribution in [0.3, 0.4) is 0 Å². The van der Waals surface area contributed by atoms with Gasteiger partial charge in [-0.05, 0) is 57.2 Å². The molecule has 1 fully saturated rings. The van der Waals surface area contributed by atoms with Crippen LogP contribution in [0.15, 0.2) is 12.1 Å². The highest BCUT2D eigenvalue weighted by Gasteiger charge is 2.29. The lowest BCUT2D eigenvalue weighted by Crippen LogP contribution is -2.41. The van der Waals surface area contributed by atoms with Crippen molar-refractivity contribution in [2.45, 2.75) is 45.1 Å². The van der Waals surface area contributed by atoms with E-state index >= 15 is 0 Å². The number of carbonyl (C=O) groups is 2. The minimum Gasteiger partial charge on any atom is -0.478 e. The second-order valence-corrected chi connectivity index (χ2v) is 6.91. The molecule has 0 saturated carbocycles. The summed E-state index contributed by atoms with van der Waals surface area (Å²) in [6, 6.07) is 1.85. The molecular weight excluding hydrogens is 320 g/mol. The summed E-state index contributed by atoms with van der Waals surface area (Å²) in [5.74, 6) is -3.82. The molecular formula is C17H21F2NO4. The van der Waals surface area contributed by atoms with Crippen LogP contribution in [0.4, 0.5) is 13.6 Å². The maximum absolute atomic E-state index is 14.0. The minimum atomic E-state index is -1.30. The van der Waals surface area contributed by atoms with Gasteiger partial charge in [-0.25, -0.2) is 18.4 Å². The zero-order valence-corrected chi connectivity index (χ0v) is 13.9. The molecule has 0 spiro atoms. The summed E-state index contributed by atoms with van der Waals surface area (Å²) in [4.78, 5) is 24.6. The Morgan fingerprint density at radius 2 is 1.79 bits per heavy atom. The van der Waals surface area contributed by atoms with Gasteiger partial charge in [0.2, 0.25) is 0 Å². The zero-order valence-electron chi connectivity index (χ0n) is 13.9. The van der Waals surface area contributed by atoms with Crippen LogP contribution in [-0.4, -0.2) is 40.8 Å². The number of aromatic carboxylic acids is 1. The monoisotopic (exact) mass is 341 g/mol. The number of carbonyl (C=O) groups excluding carboxylic acids is 1. The van der Waals surface area contributed by atoms with E-state index in [2.05, 4.69) is 0 Å². The molecule has 1 aliphatic heterocycles. The Morgan fingerprint density at radius 3 is 2.29 bits per heavy atom. The van der Waals surface area contributed by atoms with Gasteiger partial charge in [-0.2, -0.15) is 0 Å². The molecule has 24 heavy (non-hydrogen) atoms. The number of piperidine rings is 1. The van der Waals surface area contributed by atoms with Crippen LogP contribution < -0.4 is 0 Å². The molecule has 0 bridgehead atoms. The Morgan fingerprint density at radius 1 is 1.21 bits per heavy atom. The van der Waals surface area contributed by atoms with Crippen LogP contribution in [0.1, 0.15) is 55.5 Å². The van der Waals surface area contributed by atoms with E-state index in [0.29, 0.717) is 32.0 Å². The molecule has 0 unspecified atom stereocenters. The van der Waals surface area contributed by atoms with Gasteiger partial charge in [0, 0.05) is 13.1 Å². The molecule has 1 aromatic carbocycles. The number of carboxylic acid groups (broad SMARTS) is 1. The largest absolute Gasteiger partial charge is 0.478 e. The average Bonchev–Trinajstić information content (AvgIpc) is 2.48. The normalized spacial score (nSPS) is 16.1. The van der Waals surface area contributed by atoms with Crippen LogP contribution in [0.2, 0.25) is 0 Å². The van der Waals surface area contributed by atoms with E-state index in [1.54, 1.807) is 20.8 Å². The number of likely N-dealkylation sites (tertiary alicyclic amines) is 1. The van der Waals surface area contributed by atoms with Crippen LogP contribution in [0.25, 0.3) is 0 Å². The summed E-state index contributed by atoms with van der Waals surface area (Å²) < 4.78 is 32.9. The molecule has 0 aromatic heterocycles. The van der Waals surface area contributed by atoms with Gasteiger partial charge >= 0.3 is 12.1 Å². The van der Waals surface area contributed by atoms with Gasteiger partial charge in [0.15, 0.2) is 11.6 Å². The highest BCUT2D eigenvalue weighted by atomic mass is 19.2. The van der Waals surface area contributed by atoms with Gasteiger partial charge in [-0.3, -0.25) is 0 Å². The number of nitrogens with zero attached hydrogens (tertiary/aromatic N) is 1. The van der Waals surface area contributed by atoms with E-state index in [9.17, 15) is 18.4 Å². The summed E-state index contributed by atoms with van der Waals surface area (Å²) in [5, 5.41) is 8.99. The SMILES string of the molecule is CC(C)(C)OC(=O)N1CCC(c2cc(C(=O)O)cc(F)c2F)CC1. The lowest BCUT2D eigenvalue weighted by Gasteiger charge is -2.33. The molecule has 1 saturated heterocycles. The Kier molecular flexibility index (Phi) is 5.11. The lowest BCUT2D eigenvalue weighted by molar-refractivity contribution is 0.0204. The predicted molar refractivity (Wildman–Crippen MR) is 83.1 cm³/mol. The molecule has 0 radical (unpaired) electrons. The lowest BCUT2D eigenvalue weighted by atomic mass is 9.88. The van der Waals surface area contributed by atoms with E-state index in [4.69, 9.17) is 9.84 Å². The van der Waals surface area contributed by atoms with Crippen molar-refractivity contribution in [3.63, 3.8) is 0 Å². The van der Waals surface area contributed by atoms with Crippen molar-refractivity contribution in [1.29, 1.82) is 0 Å². The van der Waals surface area contributed by atoms with Gasteiger partial charge in [-0.15, -0.1) is 0 Å². The molecule has 1 aliphatic rings. The van der Waals surface area contributed by atoms with Crippen molar-refractivity contribution in [1.82, 2.24) is 4.90 Å². The van der Waals surface area contributed by atoms with Crippen LogP contribution in [0.5, 0.6) is 0 Å². The summed E-state index contributed by atoms with van der Waals surface area (Å²) in [6.45, 7) is 6.00. The number of halogens is 2. The maximum Gasteiger partial charge on any atom is 0.410 e. The summed E-state index contributed by atoms with van der Waals surface area (Å²) in [6.07, 6.45) is 0.393. The number of hydrogen-bond acceptors (Lipinski definition) is 3. The maximum atomic E-state index is 14.0. The first-order valence-corrected chi connectivity index (χ1v) is 7.78. The fourth-order valence-electron chi connectivity index (χ4n) is 2.73. The topological polar surface area (TPSA) is 66.8 Å². The number of benzene rings is 1. The Balaban J connectivity index is 2.10.